The monoisotopic (exact) mass is 484 g/mol. The number of ether oxygens (including phenoxy) is 4. The smallest absolute Gasteiger partial charge is 0.343 e. The first kappa shape index (κ1) is 24.3. The molecule has 1 N–H and O–H groups in total. The van der Waals surface area contributed by atoms with Crippen molar-refractivity contribution in [3.05, 3.63) is 96.1 Å². The number of methoxy groups -OCH3 is 2. The van der Waals surface area contributed by atoms with Crippen molar-refractivity contribution in [3.63, 3.8) is 0 Å². The summed E-state index contributed by atoms with van der Waals surface area (Å²) in [5.74, 6) is 0.995. The van der Waals surface area contributed by atoms with Crippen molar-refractivity contribution in [2.24, 2.45) is 5.10 Å². The normalized spacial score (nSPS) is 10.7. The van der Waals surface area contributed by atoms with Crippen LogP contribution >= 0.6 is 0 Å². The average Bonchev–Trinajstić information content (AvgIpc) is 2.92. The van der Waals surface area contributed by atoms with Crippen LogP contribution in [-0.4, -0.2) is 38.9 Å². The molecule has 4 rings (SSSR count). The zero-order valence-electron chi connectivity index (χ0n) is 19.8. The van der Waals surface area contributed by atoms with E-state index in [9.17, 15) is 9.59 Å². The molecule has 0 aliphatic heterocycles. The summed E-state index contributed by atoms with van der Waals surface area (Å²) >= 11 is 0. The van der Waals surface area contributed by atoms with Crippen LogP contribution in [0, 0.1) is 0 Å². The molecular formula is C28H24N2O6. The molecule has 182 valence electrons. The van der Waals surface area contributed by atoms with Crippen molar-refractivity contribution in [2.75, 3.05) is 20.8 Å². The molecule has 0 fully saturated rings. The number of carbonyl (C=O) groups excluding carboxylic acids is 2. The third kappa shape index (κ3) is 6.18. The fraction of sp³-hybridized carbons (Fsp3) is 0.107. The number of fused-ring (bicyclic) bond motifs is 1. The first-order valence-electron chi connectivity index (χ1n) is 11.0. The molecule has 0 radical (unpaired) electrons. The number of benzene rings is 4. The summed E-state index contributed by atoms with van der Waals surface area (Å²) in [4.78, 5) is 24.5. The molecule has 0 unspecified atom stereocenters. The van der Waals surface area contributed by atoms with E-state index in [2.05, 4.69) is 10.5 Å². The Bertz CT molecular complexity index is 1400. The van der Waals surface area contributed by atoms with Gasteiger partial charge in [-0.05, 0) is 70.9 Å². The van der Waals surface area contributed by atoms with Gasteiger partial charge in [0.1, 0.15) is 11.5 Å². The number of nitrogens with one attached hydrogen (secondary N) is 1. The zero-order chi connectivity index (χ0) is 25.3. The Labute approximate surface area is 208 Å². The molecule has 0 spiro atoms. The summed E-state index contributed by atoms with van der Waals surface area (Å²) in [7, 11) is 3.01. The summed E-state index contributed by atoms with van der Waals surface area (Å²) < 4.78 is 21.3. The molecule has 0 aliphatic carbocycles. The van der Waals surface area contributed by atoms with Gasteiger partial charge in [-0.25, -0.2) is 10.2 Å². The Morgan fingerprint density at radius 3 is 2.28 bits per heavy atom. The molecule has 0 saturated heterocycles. The van der Waals surface area contributed by atoms with Crippen LogP contribution in [0.4, 0.5) is 0 Å². The highest BCUT2D eigenvalue weighted by atomic mass is 16.5. The van der Waals surface area contributed by atoms with Gasteiger partial charge in [-0.3, -0.25) is 4.79 Å². The Morgan fingerprint density at radius 2 is 1.53 bits per heavy atom. The lowest BCUT2D eigenvalue weighted by atomic mass is 10.1. The van der Waals surface area contributed by atoms with Crippen molar-refractivity contribution in [3.8, 4) is 23.0 Å². The largest absolute Gasteiger partial charge is 0.493 e. The van der Waals surface area contributed by atoms with E-state index in [1.165, 1.54) is 20.4 Å². The lowest BCUT2D eigenvalue weighted by Gasteiger charge is -2.09. The van der Waals surface area contributed by atoms with Gasteiger partial charge in [-0.15, -0.1) is 0 Å². The molecule has 0 bridgehead atoms. The number of carbonyl (C=O) groups is 2. The Balaban J connectivity index is 1.26. The van der Waals surface area contributed by atoms with Crippen LogP contribution in [0.1, 0.15) is 15.9 Å². The Kier molecular flexibility index (Phi) is 7.77. The van der Waals surface area contributed by atoms with Crippen molar-refractivity contribution >= 4 is 28.9 Å². The fourth-order valence-electron chi connectivity index (χ4n) is 3.37. The van der Waals surface area contributed by atoms with Crippen LogP contribution < -0.4 is 24.4 Å². The van der Waals surface area contributed by atoms with Gasteiger partial charge in [0.05, 0.1) is 26.0 Å². The van der Waals surface area contributed by atoms with Gasteiger partial charge in [-0.2, -0.15) is 5.10 Å². The van der Waals surface area contributed by atoms with Crippen molar-refractivity contribution in [1.82, 2.24) is 5.43 Å². The molecule has 4 aromatic carbocycles. The third-order valence-corrected chi connectivity index (χ3v) is 5.20. The van der Waals surface area contributed by atoms with Gasteiger partial charge in [0.2, 0.25) is 0 Å². The van der Waals surface area contributed by atoms with E-state index in [1.807, 2.05) is 42.5 Å². The molecule has 0 aliphatic rings. The number of nitrogens with zero attached hydrogens (tertiary/aromatic N) is 1. The molecule has 36 heavy (non-hydrogen) atoms. The topological polar surface area (TPSA) is 95.5 Å². The van der Waals surface area contributed by atoms with Crippen LogP contribution in [0.5, 0.6) is 23.0 Å². The molecule has 0 saturated carbocycles. The number of esters is 1. The first-order chi connectivity index (χ1) is 17.6. The maximum Gasteiger partial charge on any atom is 0.343 e. The van der Waals surface area contributed by atoms with Crippen LogP contribution in [0.2, 0.25) is 0 Å². The molecule has 0 atom stereocenters. The summed E-state index contributed by atoms with van der Waals surface area (Å²) in [5.41, 5.74) is 3.46. The number of amides is 1. The van der Waals surface area contributed by atoms with Gasteiger partial charge in [-0.1, -0.05) is 30.3 Å². The van der Waals surface area contributed by atoms with Gasteiger partial charge >= 0.3 is 5.97 Å². The van der Waals surface area contributed by atoms with Gasteiger partial charge < -0.3 is 18.9 Å². The predicted octanol–water partition coefficient (Wildman–Crippen LogP) is 4.61. The molecule has 8 nitrogen and oxygen atoms in total. The number of hydrazone groups is 1. The minimum Gasteiger partial charge on any atom is -0.493 e. The maximum atomic E-state index is 12.4. The van der Waals surface area contributed by atoms with Crippen LogP contribution in [0.15, 0.2) is 90.0 Å². The quantitative estimate of drug-likeness (QED) is 0.161. The highest BCUT2D eigenvalue weighted by Crippen LogP contribution is 2.28. The number of hydrogen-bond donors (Lipinski definition) is 1. The Morgan fingerprint density at radius 1 is 0.806 bits per heavy atom. The van der Waals surface area contributed by atoms with E-state index in [0.717, 1.165) is 10.8 Å². The van der Waals surface area contributed by atoms with E-state index >= 15 is 0 Å². The molecule has 0 heterocycles. The summed E-state index contributed by atoms with van der Waals surface area (Å²) in [6, 6.07) is 25.0. The second-order valence-corrected chi connectivity index (χ2v) is 7.62. The van der Waals surface area contributed by atoms with Crippen molar-refractivity contribution in [2.45, 2.75) is 0 Å². The van der Waals surface area contributed by atoms with E-state index in [4.69, 9.17) is 18.9 Å². The highest BCUT2D eigenvalue weighted by Gasteiger charge is 2.13. The second kappa shape index (κ2) is 11.5. The van der Waals surface area contributed by atoms with E-state index in [1.54, 1.807) is 42.5 Å². The van der Waals surface area contributed by atoms with E-state index in [-0.39, 0.29) is 12.5 Å². The number of hydrogen-bond acceptors (Lipinski definition) is 7. The van der Waals surface area contributed by atoms with E-state index in [0.29, 0.717) is 34.1 Å². The summed E-state index contributed by atoms with van der Waals surface area (Å²) in [6.45, 7) is -0.166. The first-order valence-corrected chi connectivity index (χ1v) is 11.0. The molecule has 0 aromatic heterocycles. The molecule has 8 heteroatoms. The van der Waals surface area contributed by atoms with Gasteiger partial charge in [0, 0.05) is 0 Å². The maximum absolute atomic E-state index is 12.4. The lowest BCUT2D eigenvalue weighted by Crippen LogP contribution is -2.24. The fourth-order valence-corrected chi connectivity index (χ4v) is 3.37. The second-order valence-electron chi connectivity index (χ2n) is 7.62. The minimum atomic E-state index is -0.531. The molecule has 4 aromatic rings. The zero-order valence-corrected chi connectivity index (χ0v) is 19.8. The predicted molar refractivity (Wildman–Crippen MR) is 136 cm³/mol. The van der Waals surface area contributed by atoms with Crippen LogP contribution in [0.25, 0.3) is 10.8 Å². The van der Waals surface area contributed by atoms with E-state index < -0.39 is 5.97 Å². The van der Waals surface area contributed by atoms with Crippen molar-refractivity contribution < 1.29 is 28.5 Å². The Hall–Kier alpha value is -4.85. The number of rotatable bonds is 9. The summed E-state index contributed by atoms with van der Waals surface area (Å²) in [5, 5.41) is 6.07. The average molecular weight is 485 g/mol. The summed E-state index contributed by atoms with van der Waals surface area (Å²) in [6.07, 6.45) is 1.48. The van der Waals surface area contributed by atoms with Gasteiger partial charge in [0.15, 0.2) is 18.1 Å². The molecule has 1 amide bonds. The lowest BCUT2D eigenvalue weighted by molar-refractivity contribution is -0.123. The third-order valence-electron chi connectivity index (χ3n) is 5.20. The standard InChI is InChI=1S/C28H24N2O6/c1-33-25-14-10-22(16-26(25)34-2)28(32)36-23-11-7-19(8-12-23)17-29-30-27(31)18-35-24-13-9-20-5-3-4-6-21(20)15-24/h3-17H,18H2,1-2H3,(H,30,31)/b29-17-. The van der Waals surface area contributed by atoms with Gasteiger partial charge in [0.25, 0.3) is 5.91 Å². The SMILES string of the molecule is COc1ccc(C(=O)Oc2ccc(/C=N\NC(=O)COc3ccc4ccccc4c3)cc2)cc1OC. The highest BCUT2D eigenvalue weighted by molar-refractivity contribution is 5.92. The van der Waals surface area contributed by atoms with Crippen LogP contribution in [0.3, 0.4) is 0 Å². The molecular weight excluding hydrogens is 460 g/mol. The minimum absolute atomic E-state index is 0.166. The van der Waals surface area contributed by atoms with Crippen molar-refractivity contribution in [1.29, 1.82) is 0 Å². The van der Waals surface area contributed by atoms with Crippen LogP contribution in [-0.2, 0) is 4.79 Å².